The van der Waals surface area contributed by atoms with E-state index in [-0.39, 0.29) is 17.1 Å². The molecular weight excluding hydrogens is 454 g/mol. The summed E-state index contributed by atoms with van der Waals surface area (Å²) in [5.74, 6) is 1.17. The van der Waals surface area contributed by atoms with Crippen LogP contribution in [0.5, 0.6) is 11.5 Å². The average molecular weight is 476 g/mol. The summed E-state index contributed by atoms with van der Waals surface area (Å²) in [6.07, 6.45) is 0. The summed E-state index contributed by atoms with van der Waals surface area (Å²) < 4.78 is 16.8. The van der Waals surface area contributed by atoms with Crippen LogP contribution in [0, 0.1) is 0 Å². The lowest BCUT2D eigenvalue weighted by Crippen LogP contribution is -2.29. The Morgan fingerprint density at radius 3 is 2.35 bits per heavy atom. The minimum absolute atomic E-state index is 0.0622. The number of methoxy groups -OCH3 is 1. The van der Waals surface area contributed by atoms with Crippen molar-refractivity contribution < 1.29 is 18.7 Å². The number of ether oxygens (including phenoxy) is 2. The van der Waals surface area contributed by atoms with E-state index < -0.39 is 6.04 Å². The molecule has 2 heterocycles. The van der Waals surface area contributed by atoms with Gasteiger partial charge in [-0.1, -0.05) is 35.9 Å². The van der Waals surface area contributed by atoms with E-state index >= 15 is 0 Å². The molecule has 34 heavy (non-hydrogen) atoms. The predicted octanol–water partition coefficient (Wildman–Crippen LogP) is 5.60. The predicted molar refractivity (Wildman–Crippen MR) is 130 cm³/mol. The summed E-state index contributed by atoms with van der Waals surface area (Å²) in [5, 5.41) is 0.776. The molecule has 0 N–H and O–H groups in total. The van der Waals surface area contributed by atoms with Gasteiger partial charge in [0.2, 0.25) is 5.76 Å². The third-order valence-electron chi connectivity index (χ3n) is 5.95. The molecule has 1 aliphatic heterocycles. The molecule has 0 saturated carbocycles. The zero-order valence-corrected chi connectivity index (χ0v) is 19.5. The van der Waals surface area contributed by atoms with Crippen LogP contribution in [0.15, 0.2) is 75.9 Å². The summed E-state index contributed by atoms with van der Waals surface area (Å²) in [6.45, 7) is 2.75. The molecule has 3 aromatic carbocycles. The number of hydrogen-bond donors (Lipinski definition) is 0. The lowest BCUT2D eigenvalue weighted by Gasteiger charge is -2.25. The maximum absolute atomic E-state index is 13.6. The van der Waals surface area contributed by atoms with Crippen molar-refractivity contribution in [2.75, 3.05) is 13.7 Å². The van der Waals surface area contributed by atoms with Crippen molar-refractivity contribution in [3.8, 4) is 11.5 Å². The van der Waals surface area contributed by atoms with E-state index in [0.29, 0.717) is 34.7 Å². The average Bonchev–Trinajstić information content (AvgIpc) is 3.12. The molecule has 1 amide bonds. The van der Waals surface area contributed by atoms with Gasteiger partial charge in [-0.15, -0.1) is 0 Å². The summed E-state index contributed by atoms with van der Waals surface area (Å²) in [5.41, 5.74) is 2.08. The first kappa shape index (κ1) is 22.0. The summed E-state index contributed by atoms with van der Waals surface area (Å²) in [6, 6.07) is 19.1. The van der Waals surface area contributed by atoms with Crippen LogP contribution in [0.25, 0.3) is 11.0 Å². The Balaban J connectivity index is 1.65. The number of carbonyl (C=O) groups is 1. The fourth-order valence-electron chi connectivity index (χ4n) is 4.34. The first-order valence-electron chi connectivity index (χ1n) is 10.9. The third kappa shape index (κ3) is 3.80. The number of benzene rings is 3. The fraction of sp³-hybridized carbons (Fsp3) is 0.185. The Labute approximate surface area is 201 Å². The van der Waals surface area contributed by atoms with Gasteiger partial charge in [-0.3, -0.25) is 9.59 Å². The second-order valence-corrected chi connectivity index (χ2v) is 8.44. The van der Waals surface area contributed by atoms with E-state index in [9.17, 15) is 9.59 Å². The largest absolute Gasteiger partial charge is 0.497 e. The van der Waals surface area contributed by atoms with Gasteiger partial charge in [-0.05, 0) is 60.5 Å². The minimum Gasteiger partial charge on any atom is -0.497 e. The zero-order valence-electron chi connectivity index (χ0n) is 18.7. The second-order valence-electron chi connectivity index (χ2n) is 8.00. The highest BCUT2D eigenvalue weighted by molar-refractivity contribution is 6.31. The van der Waals surface area contributed by atoms with Crippen molar-refractivity contribution in [3.05, 3.63) is 104 Å². The SMILES string of the molecule is CCOc1ccc(C2c3c(oc4ccc(Cl)cc4c3=O)C(=O)N2Cc2ccc(OC)cc2)cc1. The molecular formula is C27H22ClNO5. The molecule has 172 valence electrons. The van der Waals surface area contributed by atoms with Crippen LogP contribution >= 0.6 is 11.6 Å². The number of rotatable bonds is 6. The summed E-state index contributed by atoms with van der Waals surface area (Å²) in [7, 11) is 1.60. The maximum Gasteiger partial charge on any atom is 0.291 e. The number of nitrogens with zero attached hydrogens (tertiary/aromatic N) is 1. The van der Waals surface area contributed by atoms with Crippen LogP contribution in [0.1, 0.15) is 40.2 Å². The van der Waals surface area contributed by atoms with Gasteiger partial charge >= 0.3 is 0 Å². The third-order valence-corrected chi connectivity index (χ3v) is 6.18. The second kappa shape index (κ2) is 8.88. The molecule has 1 unspecified atom stereocenters. The van der Waals surface area contributed by atoms with E-state index in [4.69, 9.17) is 25.5 Å². The van der Waals surface area contributed by atoms with Gasteiger partial charge in [0.1, 0.15) is 17.1 Å². The van der Waals surface area contributed by atoms with Crippen molar-refractivity contribution in [1.29, 1.82) is 0 Å². The van der Waals surface area contributed by atoms with Crippen molar-refractivity contribution in [2.45, 2.75) is 19.5 Å². The molecule has 0 bridgehead atoms. The Hall–Kier alpha value is -3.77. The number of fused-ring (bicyclic) bond motifs is 2. The number of halogens is 1. The molecule has 5 rings (SSSR count). The molecule has 4 aromatic rings. The van der Waals surface area contributed by atoms with Crippen LogP contribution in [0.3, 0.4) is 0 Å². The Morgan fingerprint density at radius 2 is 1.68 bits per heavy atom. The summed E-state index contributed by atoms with van der Waals surface area (Å²) in [4.78, 5) is 28.8. The van der Waals surface area contributed by atoms with Gasteiger partial charge in [-0.2, -0.15) is 0 Å². The van der Waals surface area contributed by atoms with Gasteiger partial charge in [0, 0.05) is 11.6 Å². The summed E-state index contributed by atoms with van der Waals surface area (Å²) >= 11 is 6.15. The van der Waals surface area contributed by atoms with Crippen LogP contribution in [-0.2, 0) is 6.54 Å². The number of amides is 1. The smallest absolute Gasteiger partial charge is 0.291 e. The lowest BCUT2D eigenvalue weighted by molar-refractivity contribution is 0.0714. The Bertz CT molecular complexity index is 1430. The van der Waals surface area contributed by atoms with Gasteiger partial charge in [0.15, 0.2) is 5.43 Å². The fourth-order valence-corrected chi connectivity index (χ4v) is 4.51. The molecule has 0 fully saturated rings. The first-order chi connectivity index (χ1) is 16.5. The molecule has 1 aromatic heterocycles. The molecule has 6 nitrogen and oxygen atoms in total. The van der Waals surface area contributed by atoms with Gasteiger partial charge in [-0.25, -0.2) is 0 Å². The van der Waals surface area contributed by atoms with Crippen molar-refractivity contribution in [1.82, 2.24) is 4.90 Å². The molecule has 7 heteroatoms. The van der Waals surface area contributed by atoms with E-state index in [1.54, 1.807) is 30.2 Å². The number of carbonyl (C=O) groups excluding carboxylic acids is 1. The maximum atomic E-state index is 13.6. The molecule has 0 spiro atoms. The van der Waals surface area contributed by atoms with Crippen LogP contribution < -0.4 is 14.9 Å². The van der Waals surface area contributed by atoms with E-state index in [2.05, 4.69) is 0 Å². The van der Waals surface area contributed by atoms with Crippen molar-refractivity contribution in [2.24, 2.45) is 0 Å². The topological polar surface area (TPSA) is 69.0 Å². The zero-order chi connectivity index (χ0) is 23.8. The standard InChI is InChI=1S/C27H22ClNO5/c1-3-33-20-11-6-17(7-12-20)24-23-25(30)21-14-18(28)8-13-22(21)34-26(23)27(31)29(24)15-16-4-9-19(32-2)10-5-16/h4-14,24H,3,15H2,1-2H3. The highest BCUT2D eigenvalue weighted by Crippen LogP contribution is 2.39. The monoisotopic (exact) mass is 475 g/mol. The van der Waals surface area contributed by atoms with Gasteiger partial charge in [0.05, 0.1) is 30.7 Å². The van der Waals surface area contributed by atoms with Crippen molar-refractivity contribution >= 4 is 28.5 Å². The molecule has 0 aliphatic carbocycles. The molecule has 1 aliphatic rings. The normalized spacial score (nSPS) is 15.0. The highest BCUT2D eigenvalue weighted by Gasteiger charge is 2.42. The van der Waals surface area contributed by atoms with E-state index in [1.807, 2.05) is 55.5 Å². The first-order valence-corrected chi connectivity index (χ1v) is 11.3. The van der Waals surface area contributed by atoms with Crippen LogP contribution in [-0.4, -0.2) is 24.5 Å². The lowest BCUT2D eigenvalue weighted by atomic mass is 9.98. The highest BCUT2D eigenvalue weighted by atomic mass is 35.5. The van der Waals surface area contributed by atoms with E-state index in [0.717, 1.165) is 22.6 Å². The Morgan fingerprint density at radius 1 is 0.971 bits per heavy atom. The van der Waals surface area contributed by atoms with Crippen LogP contribution in [0.4, 0.5) is 0 Å². The molecule has 0 radical (unpaired) electrons. The van der Waals surface area contributed by atoms with E-state index in [1.165, 1.54) is 0 Å². The molecule has 1 atom stereocenters. The van der Waals surface area contributed by atoms with Crippen molar-refractivity contribution in [3.63, 3.8) is 0 Å². The van der Waals surface area contributed by atoms with Crippen LogP contribution in [0.2, 0.25) is 5.02 Å². The van der Waals surface area contributed by atoms with Gasteiger partial charge in [0.25, 0.3) is 5.91 Å². The number of hydrogen-bond acceptors (Lipinski definition) is 5. The quantitative estimate of drug-likeness (QED) is 0.363. The Kier molecular flexibility index (Phi) is 5.75. The minimum atomic E-state index is -0.611. The molecule has 0 saturated heterocycles. The van der Waals surface area contributed by atoms with Gasteiger partial charge < -0.3 is 18.8 Å².